The lowest BCUT2D eigenvalue weighted by atomic mass is 10.0. The topological polar surface area (TPSA) is 54.9 Å². The van der Waals surface area contributed by atoms with E-state index in [1.807, 2.05) is 18.6 Å². The average Bonchev–Trinajstić information content (AvgIpc) is 2.73. The Kier molecular flexibility index (Phi) is 3.77. The first-order chi connectivity index (χ1) is 7.78. The van der Waals surface area contributed by atoms with E-state index in [0.29, 0.717) is 12.3 Å². The Morgan fingerprint density at radius 3 is 2.81 bits per heavy atom. The van der Waals surface area contributed by atoms with Gasteiger partial charge in [-0.25, -0.2) is 9.97 Å². The number of hydrogen-bond acceptors (Lipinski definition) is 4. The molecule has 1 aromatic rings. The third kappa shape index (κ3) is 2.95. The summed E-state index contributed by atoms with van der Waals surface area (Å²) in [6.07, 6.45) is 8.21. The monoisotopic (exact) mass is 237 g/mol. The minimum atomic E-state index is 0.170. The molecule has 86 valence electrons. The summed E-state index contributed by atoms with van der Waals surface area (Å²) in [5.41, 5.74) is 0. The highest BCUT2D eigenvalue weighted by Gasteiger charge is 2.21. The van der Waals surface area contributed by atoms with Crippen molar-refractivity contribution in [1.82, 2.24) is 15.3 Å². The SMILES string of the molecule is CSc1cnc(CCC2CNC(=O)C2)nc1. The zero-order chi connectivity index (χ0) is 11.4. The maximum Gasteiger partial charge on any atom is 0.220 e. The van der Waals surface area contributed by atoms with Gasteiger partial charge in [-0.1, -0.05) is 0 Å². The van der Waals surface area contributed by atoms with E-state index in [-0.39, 0.29) is 5.91 Å². The zero-order valence-corrected chi connectivity index (χ0v) is 10.1. The van der Waals surface area contributed by atoms with Crippen LogP contribution in [-0.2, 0) is 11.2 Å². The Labute approximate surface area is 99.3 Å². The molecule has 1 amide bonds. The van der Waals surface area contributed by atoms with Crippen LogP contribution in [0, 0.1) is 5.92 Å². The highest BCUT2D eigenvalue weighted by atomic mass is 32.2. The molecule has 1 fully saturated rings. The van der Waals surface area contributed by atoms with Crippen molar-refractivity contribution in [3.8, 4) is 0 Å². The van der Waals surface area contributed by atoms with Crippen molar-refractivity contribution in [2.24, 2.45) is 5.92 Å². The number of nitrogens with zero attached hydrogens (tertiary/aromatic N) is 2. The van der Waals surface area contributed by atoms with Gasteiger partial charge in [0, 0.05) is 36.7 Å². The summed E-state index contributed by atoms with van der Waals surface area (Å²) in [5.74, 6) is 1.50. The van der Waals surface area contributed by atoms with Crippen LogP contribution in [0.2, 0.25) is 0 Å². The Morgan fingerprint density at radius 1 is 1.50 bits per heavy atom. The van der Waals surface area contributed by atoms with Crippen LogP contribution in [0.1, 0.15) is 18.7 Å². The Hall–Kier alpha value is -1.10. The second-order valence-corrected chi connectivity index (χ2v) is 4.83. The van der Waals surface area contributed by atoms with Crippen LogP contribution in [-0.4, -0.2) is 28.7 Å². The van der Waals surface area contributed by atoms with E-state index in [4.69, 9.17) is 0 Å². The minimum Gasteiger partial charge on any atom is -0.356 e. The predicted octanol–water partition coefficient (Wildman–Crippen LogP) is 1.27. The van der Waals surface area contributed by atoms with Crippen molar-refractivity contribution < 1.29 is 4.79 Å². The van der Waals surface area contributed by atoms with Crippen LogP contribution in [0.3, 0.4) is 0 Å². The number of nitrogens with one attached hydrogen (secondary N) is 1. The first-order valence-corrected chi connectivity index (χ1v) is 6.62. The number of hydrogen-bond donors (Lipinski definition) is 1. The number of rotatable bonds is 4. The van der Waals surface area contributed by atoms with E-state index < -0.39 is 0 Å². The Balaban J connectivity index is 1.82. The predicted molar refractivity (Wildman–Crippen MR) is 63.3 cm³/mol. The summed E-state index contributed by atoms with van der Waals surface area (Å²) in [6, 6.07) is 0. The number of amides is 1. The van der Waals surface area contributed by atoms with Crippen LogP contribution < -0.4 is 5.32 Å². The molecule has 5 heteroatoms. The highest BCUT2D eigenvalue weighted by molar-refractivity contribution is 7.98. The molecule has 4 nitrogen and oxygen atoms in total. The molecule has 0 bridgehead atoms. The van der Waals surface area contributed by atoms with Gasteiger partial charge in [0.1, 0.15) is 5.82 Å². The molecule has 2 heterocycles. The lowest BCUT2D eigenvalue weighted by molar-refractivity contribution is -0.119. The van der Waals surface area contributed by atoms with Crippen molar-refractivity contribution in [1.29, 1.82) is 0 Å². The van der Waals surface area contributed by atoms with Gasteiger partial charge in [0.25, 0.3) is 0 Å². The molecule has 1 aliphatic heterocycles. The summed E-state index contributed by atoms with van der Waals surface area (Å²) in [5, 5.41) is 2.84. The molecule has 0 aromatic carbocycles. The van der Waals surface area contributed by atoms with Crippen LogP contribution in [0.4, 0.5) is 0 Å². The van der Waals surface area contributed by atoms with E-state index in [2.05, 4.69) is 15.3 Å². The number of carbonyl (C=O) groups excluding carboxylic acids is 1. The van der Waals surface area contributed by atoms with Gasteiger partial charge >= 0.3 is 0 Å². The fourth-order valence-electron chi connectivity index (χ4n) is 1.78. The smallest absolute Gasteiger partial charge is 0.220 e. The molecule has 0 spiro atoms. The van der Waals surface area contributed by atoms with Gasteiger partial charge in [0.2, 0.25) is 5.91 Å². The molecule has 1 atom stereocenters. The maximum atomic E-state index is 11.0. The van der Waals surface area contributed by atoms with E-state index >= 15 is 0 Å². The van der Waals surface area contributed by atoms with E-state index in [9.17, 15) is 4.79 Å². The van der Waals surface area contributed by atoms with Gasteiger partial charge < -0.3 is 5.32 Å². The van der Waals surface area contributed by atoms with E-state index in [1.54, 1.807) is 11.8 Å². The zero-order valence-electron chi connectivity index (χ0n) is 9.27. The van der Waals surface area contributed by atoms with Crippen molar-refractivity contribution in [3.05, 3.63) is 18.2 Å². The molecule has 0 saturated carbocycles. The Bertz CT molecular complexity index is 366. The summed E-state index contributed by atoms with van der Waals surface area (Å²) in [4.78, 5) is 20.7. The largest absolute Gasteiger partial charge is 0.356 e. The van der Waals surface area contributed by atoms with Crippen molar-refractivity contribution in [2.45, 2.75) is 24.2 Å². The maximum absolute atomic E-state index is 11.0. The highest BCUT2D eigenvalue weighted by Crippen LogP contribution is 2.16. The number of aryl methyl sites for hydroxylation is 1. The average molecular weight is 237 g/mol. The molecule has 1 unspecified atom stereocenters. The normalized spacial score (nSPS) is 19.8. The van der Waals surface area contributed by atoms with Gasteiger partial charge in [-0.15, -0.1) is 11.8 Å². The molecule has 1 saturated heterocycles. The second kappa shape index (κ2) is 5.30. The minimum absolute atomic E-state index is 0.170. The first kappa shape index (κ1) is 11.4. The summed E-state index contributed by atoms with van der Waals surface area (Å²) in [7, 11) is 0. The lowest BCUT2D eigenvalue weighted by Gasteiger charge is -2.05. The molecule has 1 aliphatic rings. The van der Waals surface area contributed by atoms with Crippen LogP contribution in [0.25, 0.3) is 0 Å². The summed E-state index contributed by atoms with van der Waals surface area (Å²) in [6.45, 7) is 0.807. The van der Waals surface area contributed by atoms with Gasteiger partial charge in [-0.05, 0) is 18.6 Å². The van der Waals surface area contributed by atoms with Crippen LogP contribution in [0.15, 0.2) is 17.3 Å². The van der Waals surface area contributed by atoms with E-state index in [0.717, 1.165) is 30.1 Å². The van der Waals surface area contributed by atoms with E-state index in [1.165, 1.54) is 0 Å². The van der Waals surface area contributed by atoms with Crippen molar-refractivity contribution in [3.63, 3.8) is 0 Å². The second-order valence-electron chi connectivity index (χ2n) is 3.95. The Morgan fingerprint density at radius 2 is 2.25 bits per heavy atom. The number of aromatic nitrogens is 2. The molecular weight excluding hydrogens is 222 g/mol. The number of carbonyl (C=O) groups is 1. The van der Waals surface area contributed by atoms with Gasteiger partial charge in [0.05, 0.1) is 0 Å². The molecular formula is C11H15N3OS. The van der Waals surface area contributed by atoms with Gasteiger partial charge in [-0.2, -0.15) is 0 Å². The fourth-order valence-corrected chi connectivity index (χ4v) is 2.10. The molecule has 0 radical (unpaired) electrons. The molecule has 16 heavy (non-hydrogen) atoms. The van der Waals surface area contributed by atoms with Crippen molar-refractivity contribution >= 4 is 17.7 Å². The molecule has 1 aromatic heterocycles. The summed E-state index contributed by atoms with van der Waals surface area (Å²) < 4.78 is 0. The van der Waals surface area contributed by atoms with Gasteiger partial charge in [0.15, 0.2) is 0 Å². The van der Waals surface area contributed by atoms with Crippen molar-refractivity contribution in [2.75, 3.05) is 12.8 Å². The van der Waals surface area contributed by atoms with Crippen LogP contribution in [0.5, 0.6) is 0 Å². The third-order valence-corrected chi connectivity index (χ3v) is 3.44. The summed E-state index contributed by atoms with van der Waals surface area (Å²) >= 11 is 1.64. The standard InChI is InChI=1S/C11H15N3OS/c1-16-9-6-12-10(13-7-9)3-2-8-4-11(15)14-5-8/h6-8H,2-5H2,1H3,(H,14,15). The third-order valence-electron chi connectivity index (χ3n) is 2.76. The molecule has 2 rings (SSSR count). The van der Waals surface area contributed by atoms with Gasteiger partial charge in [-0.3, -0.25) is 4.79 Å². The first-order valence-electron chi connectivity index (χ1n) is 5.39. The molecule has 1 N–H and O–H groups in total. The quantitative estimate of drug-likeness (QED) is 0.801. The molecule has 0 aliphatic carbocycles. The lowest BCUT2D eigenvalue weighted by Crippen LogP contribution is -2.14. The number of thioether (sulfide) groups is 1. The van der Waals surface area contributed by atoms with Crippen LogP contribution >= 0.6 is 11.8 Å². The fraction of sp³-hybridized carbons (Fsp3) is 0.545.